The van der Waals surface area contributed by atoms with Gasteiger partial charge in [-0.2, -0.15) is 0 Å². The Morgan fingerprint density at radius 1 is 1.14 bits per heavy atom. The first-order chi connectivity index (χ1) is 10.0. The molecule has 1 aliphatic heterocycles. The molecular weight excluding hydrogens is 274 g/mol. The van der Waals surface area contributed by atoms with Crippen molar-refractivity contribution in [3.8, 4) is 0 Å². The summed E-state index contributed by atoms with van der Waals surface area (Å²) in [7, 11) is 0. The summed E-state index contributed by atoms with van der Waals surface area (Å²) in [5.41, 5.74) is -1.20. The van der Waals surface area contributed by atoms with Gasteiger partial charge in [-0.3, -0.25) is 4.79 Å². The molecule has 0 aromatic rings. The number of hydrogen-bond donors (Lipinski definition) is 4. The molecule has 0 radical (unpaired) electrons. The lowest BCUT2D eigenvalue weighted by Crippen LogP contribution is -2.60. The molecule has 7 heteroatoms. The molecule has 1 saturated carbocycles. The molecule has 3 amide bonds. The van der Waals surface area contributed by atoms with E-state index in [0.29, 0.717) is 25.8 Å². The van der Waals surface area contributed by atoms with Gasteiger partial charge < -0.3 is 21.1 Å². The fourth-order valence-corrected chi connectivity index (χ4v) is 3.05. The molecule has 0 aromatic heterocycles. The van der Waals surface area contributed by atoms with Gasteiger partial charge >= 0.3 is 12.0 Å². The zero-order valence-electron chi connectivity index (χ0n) is 12.1. The Bertz CT molecular complexity index is 416. The lowest BCUT2D eigenvalue weighted by Gasteiger charge is -2.31. The third kappa shape index (κ3) is 3.86. The Balaban J connectivity index is 1.97. The average molecular weight is 297 g/mol. The van der Waals surface area contributed by atoms with Gasteiger partial charge in [-0.25, -0.2) is 9.59 Å². The van der Waals surface area contributed by atoms with Crippen LogP contribution >= 0.6 is 0 Å². The molecular formula is C14H23N3O4. The zero-order chi connectivity index (χ0) is 15.3. The third-order valence-corrected chi connectivity index (χ3v) is 4.31. The third-order valence-electron chi connectivity index (χ3n) is 4.31. The molecule has 2 fully saturated rings. The first kappa shape index (κ1) is 15.6. The molecule has 1 heterocycles. The van der Waals surface area contributed by atoms with Crippen molar-refractivity contribution in [3.05, 3.63) is 0 Å². The van der Waals surface area contributed by atoms with Crippen molar-refractivity contribution in [2.24, 2.45) is 0 Å². The second-order valence-corrected chi connectivity index (χ2v) is 5.89. The SMILES string of the molecule is O=C(NC1CCCNC1=O)NC1(C(=O)O)CCCCCC1. The molecule has 4 N–H and O–H groups in total. The molecule has 1 aliphatic carbocycles. The second kappa shape index (κ2) is 6.78. The highest BCUT2D eigenvalue weighted by Gasteiger charge is 2.40. The van der Waals surface area contributed by atoms with Crippen molar-refractivity contribution in [2.75, 3.05) is 6.54 Å². The quantitative estimate of drug-likeness (QED) is 0.576. The molecule has 1 saturated heterocycles. The number of carboxylic acid groups (broad SMARTS) is 1. The van der Waals surface area contributed by atoms with E-state index in [2.05, 4.69) is 16.0 Å². The summed E-state index contributed by atoms with van der Waals surface area (Å²) < 4.78 is 0. The van der Waals surface area contributed by atoms with E-state index in [-0.39, 0.29) is 5.91 Å². The number of carbonyl (C=O) groups is 3. The number of piperidine rings is 1. The predicted octanol–water partition coefficient (Wildman–Crippen LogP) is 0.742. The van der Waals surface area contributed by atoms with Gasteiger partial charge in [-0.05, 0) is 25.7 Å². The smallest absolute Gasteiger partial charge is 0.329 e. The molecule has 2 rings (SSSR count). The van der Waals surface area contributed by atoms with Crippen LogP contribution in [0.25, 0.3) is 0 Å². The molecule has 0 spiro atoms. The minimum absolute atomic E-state index is 0.207. The normalized spacial score (nSPS) is 25.3. The van der Waals surface area contributed by atoms with E-state index in [0.717, 1.165) is 32.1 Å². The molecule has 1 atom stereocenters. The maximum atomic E-state index is 12.1. The highest BCUT2D eigenvalue weighted by Crippen LogP contribution is 2.27. The summed E-state index contributed by atoms with van der Waals surface area (Å²) in [6.07, 6.45) is 5.82. The minimum Gasteiger partial charge on any atom is -0.480 e. The number of amides is 3. The first-order valence-corrected chi connectivity index (χ1v) is 7.63. The van der Waals surface area contributed by atoms with Crippen molar-refractivity contribution in [1.82, 2.24) is 16.0 Å². The maximum absolute atomic E-state index is 12.1. The molecule has 118 valence electrons. The Labute approximate surface area is 123 Å². The molecule has 2 aliphatic rings. The van der Waals surface area contributed by atoms with Gasteiger partial charge in [0.15, 0.2) is 0 Å². The lowest BCUT2D eigenvalue weighted by atomic mass is 9.90. The van der Waals surface area contributed by atoms with Crippen LogP contribution in [-0.2, 0) is 9.59 Å². The monoisotopic (exact) mass is 297 g/mol. The number of urea groups is 1. The van der Waals surface area contributed by atoms with Gasteiger partial charge in [0.2, 0.25) is 5.91 Å². The number of carbonyl (C=O) groups excluding carboxylic acids is 2. The van der Waals surface area contributed by atoms with Crippen LogP contribution in [0.5, 0.6) is 0 Å². The van der Waals surface area contributed by atoms with Gasteiger partial charge in [0.25, 0.3) is 0 Å². The zero-order valence-corrected chi connectivity index (χ0v) is 12.1. The van der Waals surface area contributed by atoms with E-state index >= 15 is 0 Å². The number of carboxylic acids is 1. The lowest BCUT2D eigenvalue weighted by molar-refractivity contribution is -0.145. The first-order valence-electron chi connectivity index (χ1n) is 7.63. The predicted molar refractivity (Wildman–Crippen MR) is 75.8 cm³/mol. The van der Waals surface area contributed by atoms with Crippen molar-refractivity contribution in [1.29, 1.82) is 0 Å². The van der Waals surface area contributed by atoms with Gasteiger partial charge in [0.05, 0.1) is 0 Å². The van der Waals surface area contributed by atoms with Gasteiger partial charge in [0, 0.05) is 6.54 Å². The van der Waals surface area contributed by atoms with E-state index in [1.165, 1.54) is 0 Å². The maximum Gasteiger partial charge on any atom is 0.329 e. The van der Waals surface area contributed by atoms with Crippen LogP contribution in [0.2, 0.25) is 0 Å². The van der Waals surface area contributed by atoms with Crippen LogP contribution in [0.4, 0.5) is 4.79 Å². The standard InChI is InChI=1S/C14H23N3O4/c18-11-10(6-5-9-15-11)16-13(21)17-14(12(19)20)7-3-1-2-4-8-14/h10H,1-9H2,(H,15,18)(H,19,20)(H2,16,17,21). The van der Waals surface area contributed by atoms with E-state index in [9.17, 15) is 19.5 Å². The van der Waals surface area contributed by atoms with Crippen LogP contribution in [0, 0.1) is 0 Å². The highest BCUT2D eigenvalue weighted by atomic mass is 16.4. The van der Waals surface area contributed by atoms with Crippen LogP contribution in [0.3, 0.4) is 0 Å². The minimum atomic E-state index is -1.20. The van der Waals surface area contributed by atoms with E-state index in [1.54, 1.807) is 0 Å². The molecule has 0 bridgehead atoms. The van der Waals surface area contributed by atoms with Crippen molar-refractivity contribution in [2.45, 2.75) is 62.9 Å². The van der Waals surface area contributed by atoms with Crippen molar-refractivity contribution in [3.63, 3.8) is 0 Å². The van der Waals surface area contributed by atoms with Gasteiger partial charge in [-0.15, -0.1) is 0 Å². The molecule has 1 unspecified atom stereocenters. The Hall–Kier alpha value is -1.79. The Kier molecular flexibility index (Phi) is 5.03. The van der Waals surface area contributed by atoms with E-state index < -0.39 is 23.6 Å². The van der Waals surface area contributed by atoms with E-state index in [1.807, 2.05) is 0 Å². The largest absolute Gasteiger partial charge is 0.480 e. The average Bonchev–Trinajstić information content (AvgIpc) is 2.68. The molecule has 0 aromatic carbocycles. The summed E-state index contributed by atoms with van der Waals surface area (Å²) in [6, 6.07) is -1.14. The number of hydrogen-bond acceptors (Lipinski definition) is 3. The summed E-state index contributed by atoms with van der Waals surface area (Å²) in [5.74, 6) is -1.20. The summed E-state index contributed by atoms with van der Waals surface area (Å²) in [4.78, 5) is 35.3. The topological polar surface area (TPSA) is 108 Å². The number of aliphatic carboxylic acids is 1. The number of rotatable bonds is 3. The Morgan fingerprint density at radius 3 is 2.38 bits per heavy atom. The van der Waals surface area contributed by atoms with E-state index in [4.69, 9.17) is 0 Å². The van der Waals surface area contributed by atoms with Crippen LogP contribution in [-0.4, -0.2) is 41.1 Å². The van der Waals surface area contributed by atoms with Gasteiger partial charge in [0.1, 0.15) is 11.6 Å². The molecule has 7 nitrogen and oxygen atoms in total. The van der Waals surface area contributed by atoms with Gasteiger partial charge in [-0.1, -0.05) is 25.7 Å². The van der Waals surface area contributed by atoms with Crippen LogP contribution in [0.15, 0.2) is 0 Å². The summed E-state index contributed by atoms with van der Waals surface area (Å²) >= 11 is 0. The summed E-state index contributed by atoms with van der Waals surface area (Å²) in [5, 5.41) is 17.4. The van der Waals surface area contributed by atoms with Crippen LogP contribution in [0.1, 0.15) is 51.4 Å². The second-order valence-electron chi connectivity index (χ2n) is 5.89. The molecule has 21 heavy (non-hydrogen) atoms. The fourth-order valence-electron chi connectivity index (χ4n) is 3.05. The summed E-state index contributed by atoms with van der Waals surface area (Å²) in [6.45, 7) is 0.623. The Morgan fingerprint density at radius 2 is 1.81 bits per heavy atom. The number of nitrogens with one attached hydrogen (secondary N) is 3. The highest BCUT2D eigenvalue weighted by molar-refractivity contribution is 5.90. The fraction of sp³-hybridized carbons (Fsp3) is 0.786. The van der Waals surface area contributed by atoms with Crippen LogP contribution < -0.4 is 16.0 Å². The van der Waals surface area contributed by atoms with Crippen molar-refractivity contribution >= 4 is 17.9 Å². The van der Waals surface area contributed by atoms with Crippen molar-refractivity contribution < 1.29 is 19.5 Å².